The highest BCUT2D eigenvalue weighted by molar-refractivity contribution is 5.56. The number of pyridine rings is 1. The van der Waals surface area contributed by atoms with Gasteiger partial charge in [-0.15, -0.1) is 0 Å². The number of likely N-dealkylation sites (tertiary alicyclic amines) is 1. The van der Waals surface area contributed by atoms with Crippen molar-refractivity contribution < 1.29 is 13.2 Å². The average molecular weight is 533 g/mol. The zero-order valence-corrected chi connectivity index (χ0v) is 22.1. The lowest BCUT2D eigenvalue weighted by atomic mass is 9.65. The van der Waals surface area contributed by atoms with Crippen molar-refractivity contribution in [3.8, 4) is 0 Å². The largest absolute Gasteiger partial charge is 0.418 e. The van der Waals surface area contributed by atoms with E-state index < -0.39 is 11.7 Å². The van der Waals surface area contributed by atoms with Crippen LogP contribution in [0.3, 0.4) is 0 Å². The fraction of sp³-hybridized carbons (Fsp3) is 0.750. The summed E-state index contributed by atoms with van der Waals surface area (Å²) in [6.45, 7) is 3.17. The molecule has 2 N–H and O–H groups in total. The molecule has 4 heterocycles. The van der Waals surface area contributed by atoms with E-state index in [4.69, 9.17) is 0 Å². The predicted molar refractivity (Wildman–Crippen MR) is 138 cm³/mol. The first-order valence-electron chi connectivity index (χ1n) is 14.5. The third-order valence-corrected chi connectivity index (χ3v) is 10.4. The van der Waals surface area contributed by atoms with Gasteiger partial charge in [0.1, 0.15) is 0 Å². The van der Waals surface area contributed by atoms with E-state index in [1.165, 1.54) is 48.8 Å². The van der Waals surface area contributed by atoms with Crippen LogP contribution in [0.5, 0.6) is 0 Å². The molecule has 2 aliphatic heterocycles. The second kappa shape index (κ2) is 9.08. The van der Waals surface area contributed by atoms with Crippen molar-refractivity contribution in [2.24, 2.45) is 23.2 Å². The minimum Gasteiger partial charge on any atom is -0.298 e. The molecule has 0 bridgehead atoms. The second-order valence-corrected chi connectivity index (χ2v) is 13.0. The molecule has 0 amide bonds. The van der Waals surface area contributed by atoms with Gasteiger partial charge in [-0.25, -0.2) is 15.6 Å². The van der Waals surface area contributed by atoms with Gasteiger partial charge in [0.25, 0.3) is 0 Å². The summed E-state index contributed by atoms with van der Waals surface area (Å²) in [5, 5.41) is 0. The summed E-state index contributed by atoms with van der Waals surface area (Å²) < 4.78 is 45.5. The molecular weight excluding hydrogens is 493 g/mol. The van der Waals surface area contributed by atoms with Gasteiger partial charge in [0.2, 0.25) is 0 Å². The zero-order chi connectivity index (χ0) is 26.2. The lowest BCUT2D eigenvalue weighted by Crippen LogP contribution is -2.50. The van der Waals surface area contributed by atoms with Crippen LogP contribution in [-0.2, 0) is 12.7 Å². The standard InChI is InChI=1S/C28H39F3N6O/c1-34-17-32-33-25(34)24(19-4-2-5-19)20-6-3-7-21(11-20)36-14-23-22(28(29,30)31)10-18(13-37(23)26(36)38)12-35-15-27(16-35)8-9-27/h10,13-14,19-21,24-25,32-33H,2-9,11-12,15-17H2,1H3/t20?,21?,24-,25?/m0/s1. The quantitative estimate of drug-likeness (QED) is 0.585. The van der Waals surface area contributed by atoms with Crippen LogP contribution in [0.15, 0.2) is 23.3 Å². The molecule has 0 aromatic carbocycles. The molecule has 5 aliphatic rings. The first-order valence-corrected chi connectivity index (χ1v) is 14.5. The van der Waals surface area contributed by atoms with Gasteiger partial charge >= 0.3 is 11.9 Å². The summed E-state index contributed by atoms with van der Waals surface area (Å²) in [7, 11) is 2.13. The highest BCUT2D eigenvalue weighted by Gasteiger charge is 2.52. The second-order valence-electron chi connectivity index (χ2n) is 13.0. The monoisotopic (exact) mass is 532 g/mol. The van der Waals surface area contributed by atoms with Crippen LogP contribution in [0.1, 0.15) is 75.0 Å². The molecular formula is C28H39F3N6O. The third-order valence-electron chi connectivity index (χ3n) is 10.4. The van der Waals surface area contributed by atoms with Crippen LogP contribution in [0.4, 0.5) is 13.2 Å². The Balaban J connectivity index is 1.19. The van der Waals surface area contributed by atoms with Crippen LogP contribution in [0.2, 0.25) is 0 Å². The Morgan fingerprint density at radius 3 is 2.45 bits per heavy atom. The number of hydrogen-bond acceptors (Lipinski definition) is 5. The van der Waals surface area contributed by atoms with Crippen LogP contribution < -0.4 is 16.5 Å². The van der Waals surface area contributed by atoms with Gasteiger partial charge < -0.3 is 0 Å². The number of hydrazine groups is 1. The Hall–Kier alpha value is -1.88. The molecule has 10 heteroatoms. The molecule has 208 valence electrons. The number of aromatic nitrogens is 2. The van der Waals surface area contributed by atoms with E-state index >= 15 is 0 Å². The number of nitrogens with zero attached hydrogens (tertiary/aromatic N) is 4. The molecule has 7 rings (SSSR count). The molecule has 0 radical (unpaired) electrons. The molecule has 38 heavy (non-hydrogen) atoms. The fourth-order valence-corrected chi connectivity index (χ4v) is 8.01. The van der Waals surface area contributed by atoms with E-state index in [1.54, 1.807) is 10.8 Å². The summed E-state index contributed by atoms with van der Waals surface area (Å²) >= 11 is 0. The normalized spacial score (nSPS) is 31.0. The SMILES string of the molecule is CN1CNNC1[C@@H](C1CCC1)C1CCCC(n2cc3c(C(F)(F)F)cc(CN4CC5(CC5)C4)cn3c2=O)C1. The number of rotatable bonds is 6. The zero-order valence-electron chi connectivity index (χ0n) is 22.1. The number of nitrogens with one attached hydrogen (secondary N) is 2. The highest BCUT2D eigenvalue weighted by Crippen LogP contribution is 2.53. The van der Waals surface area contributed by atoms with Crippen molar-refractivity contribution >= 4 is 5.52 Å². The van der Waals surface area contributed by atoms with Gasteiger partial charge in [-0.1, -0.05) is 25.7 Å². The van der Waals surface area contributed by atoms with Crippen LogP contribution >= 0.6 is 0 Å². The number of alkyl halides is 3. The molecule has 2 aromatic rings. The summed E-state index contributed by atoms with van der Waals surface area (Å²) in [5.74, 6) is 1.58. The van der Waals surface area contributed by atoms with Crippen molar-refractivity contribution in [2.45, 2.75) is 82.7 Å². The minimum absolute atomic E-state index is 0.0208. The number of hydrogen-bond donors (Lipinski definition) is 2. The van der Waals surface area contributed by atoms with Crippen LogP contribution in [0.25, 0.3) is 5.52 Å². The predicted octanol–water partition coefficient (Wildman–Crippen LogP) is 4.19. The van der Waals surface area contributed by atoms with Gasteiger partial charge in [0.15, 0.2) is 0 Å². The van der Waals surface area contributed by atoms with E-state index in [-0.39, 0.29) is 23.4 Å². The van der Waals surface area contributed by atoms with Crippen molar-refractivity contribution in [2.75, 3.05) is 26.8 Å². The Kier molecular flexibility index (Phi) is 6.00. The topological polar surface area (TPSA) is 56.9 Å². The van der Waals surface area contributed by atoms with E-state index in [2.05, 4.69) is 27.7 Å². The van der Waals surface area contributed by atoms with Crippen molar-refractivity contribution in [1.29, 1.82) is 0 Å². The summed E-state index contributed by atoms with van der Waals surface area (Å²) in [4.78, 5) is 18.2. The minimum atomic E-state index is -4.51. The van der Waals surface area contributed by atoms with Gasteiger partial charge in [0, 0.05) is 38.1 Å². The Bertz CT molecular complexity index is 1250. The van der Waals surface area contributed by atoms with E-state index in [9.17, 15) is 18.0 Å². The molecule has 5 fully saturated rings. The highest BCUT2D eigenvalue weighted by atomic mass is 19.4. The Labute approximate surface area is 221 Å². The maximum absolute atomic E-state index is 14.2. The molecule has 3 saturated carbocycles. The first-order chi connectivity index (χ1) is 18.2. The summed E-state index contributed by atoms with van der Waals surface area (Å²) in [5.41, 5.74) is 6.70. The van der Waals surface area contributed by atoms with Gasteiger partial charge in [0.05, 0.1) is 23.9 Å². The first kappa shape index (κ1) is 25.1. The number of fused-ring (bicyclic) bond motifs is 1. The summed E-state index contributed by atoms with van der Waals surface area (Å²) in [6.07, 6.45) is 8.88. The molecule has 1 spiro atoms. The maximum atomic E-state index is 14.2. The van der Waals surface area contributed by atoms with Gasteiger partial charge in [-0.05, 0) is 74.0 Å². The lowest BCUT2D eigenvalue weighted by Gasteiger charge is -2.46. The van der Waals surface area contributed by atoms with E-state index in [1.807, 2.05) is 0 Å². The van der Waals surface area contributed by atoms with Gasteiger partial charge in [-0.2, -0.15) is 13.2 Å². The third kappa shape index (κ3) is 4.32. The van der Waals surface area contributed by atoms with E-state index in [0.29, 0.717) is 35.3 Å². The molecule has 3 aliphatic carbocycles. The molecule has 2 saturated heterocycles. The molecule has 3 unspecified atom stereocenters. The maximum Gasteiger partial charge on any atom is 0.418 e. The van der Waals surface area contributed by atoms with Crippen molar-refractivity contribution in [3.05, 3.63) is 40.1 Å². The Morgan fingerprint density at radius 2 is 1.82 bits per heavy atom. The van der Waals surface area contributed by atoms with Crippen molar-refractivity contribution in [1.82, 2.24) is 29.6 Å². The molecule has 7 nitrogen and oxygen atoms in total. The van der Waals surface area contributed by atoms with Gasteiger partial charge in [-0.3, -0.25) is 18.8 Å². The molecule has 2 aromatic heterocycles. The average Bonchev–Trinajstić information content (AvgIpc) is 3.41. The summed E-state index contributed by atoms with van der Waals surface area (Å²) in [6, 6.07) is 1.19. The number of halogens is 3. The number of imidazole rings is 1. The fourth-order valence-electron chi connectivity index (χ4n) is 8.01. The van der Waals surface area contributed by atoms with Crippen LogP contribution in [0, 0.1) is 23.2 Å². The Morgan fingerprint density at radius 1 is 1.08 bits per heavy atom. The smallest absolute Gasteiger partial charge is 0.298 e. The molecule has 4 atom stereocenters. The van der Waals surface area contributed by atoms with Crippen LogP contribution in [-0.4, -0.2) is 51.7 Å². The van der Waals surface area contributed by atoms with E-state index in [0.717, 1.165) is 45.4 Å². The van der Waals surface area contributed by atoms with Crippen molar-refractivity contribution in [3.63, 3.8) is 0 Å². The lowest BCUT2D eigenvalue weighted by molar-refractivity contribution is -0.136.